The van der Waals surface area contributed by atoms with Crippen molar-refractivity contribution in [3.63, 3.8) is 0 Å². The molecule has 0 saturated carbocycles. The molecule has 0 aromatic heterocycles. The van der Waals surface area contributed by atoms with Crippen molar-refractivity contribution >= 4 is 5.69 Å². The number of rotatable bonds is 2. The lowest BCUT2D eigenvalue weighted by molar-refractivity contribution is -0.385. The predicted molar refractivity (Wildman–Crippen MR) is 64.1 cm³/mol. The van der Waals surface area contributed by atoms with Gasteiger partial charge in [0.05, 0.1) is 10.5 Å². The van der Waals surface area contributed by atoms with Gasteiger partial charge in [-0.3, -0.25) is 10.1 Å². The number of nitrogens with zero attached hydrogens (tertiary/aromatic N) is 1. The summed E-state index contributed by atoms with van der Waals surface area (Å²) in [7, 11) is 0. The lowest BCUT2D eigenvalue weighted by Crippen LogP contribution is -2.27. The summed E-state index contributed by atoms with van der Waals surface area (Å²) in [6, 6.07) is 2.95. The minimum atomic E-state index is -0.426. The fourth-order valence-corrected chi connectivity index (χ4v) is 2.31. The van der Waals surface area contributed by atoms with E-state index in [2.05, 4.69) is 5.32 Å². The zero-order valence-corrected chi connectivity index (χ0v) is 9.77. The molecule has 0 amide bonds. The van der Waals surface area contributed by atoms with Crippen molar-refractivity contribution in [1.29, 1.82) is 0 Å². The van der Waals surface area contributed by atoms with Crippen molar-refractivity contribution < 1.29 is 10.0 Å². The van der Waals surface area contributed by atoms with Crippen LogP contribution in [0.15, 0.2) is 12.1 Å². The quantitative estimate of drug-likeness (QED) is 0.610. The molecule has 0 radical (unpaired) electrons. The van der Waals surface area contributed by atoms with Gasteiger partial charge < -0.3 is 10.4 Å². The van der Waals surface area contributed by atoms with Gasteiger partial charge in [0.1, 0.15) is 5.75 Å². The number of phenolic OH excluding ortho intramolecular Hbond substituents is 1. The first-order valence-corrected chi connectivity index (χ1v) is 5.81. The van der Waals surface area contributed by atoms with Crippen molar-refractivity contribution in [3.8, 4) is 5.75 Å². The molecular weight excluding hydrogens is 220 g/mol. The van der Waals surface area contributed by atoms with E-state index in [4.69, 9.17) is 0 Å². The van der Waals surface area contributed by atoms with Crippen LogP contribution in [0.25, 0.3) is 0 Å². The number of piperidine rings is 1. The van der Waals surface area contributed by atoms with Crippen molar-refractivity contribution in [1.82, 2.24) is 5.32 Å². The lowest BCUT2D eigenvalue weighted by Gasteiger charge is -2.24. The first-order valence-electron chi connectivity index (χ1n) is 5.81. The molecule has 0 aliphatic carbocycles. The topological polar surface area (TPSA) is 75.4 Å². The standard InChI is InChI=1S/C12H16N2O3/c1-8-5-6-10(14(16)17)11(12(8)15)9-4-2-3-7-13-9/h5-6,9,13,15H,2-4,7H2,1H3/t9-/m1/s1. The van der Waals surface area contributed by atoms with Gasteiger partial charge >= 0.3 is 0 Å². The Hall–Kier alpha value is -1.62. The van der Waals surface area contributed by atoms with Crippen LogP contribution in [-0.2, 0) is 0 Å². The van der Waals surface area contributed by atoms with Gasteiger partial charge in [-0.1, -0.05) is 6.42 Å². The molecule has 1 aromatic rings. The average molecular weight is 236 g/mol. The van der Waals surface area contributed by atoms with E-state index in [1.807, 2.05) is 0 Å². The Morgan fingerprint density at radius 1 is 1.47 bits per heavy atom. The van der Waals surface area contributed by atoms with E-state index >= 15 is 0 Å². The van der Waals surface area contributed by atoms with E-state index < -0.39 is 4.92 Å². The first-order chi connectivity index (χ1) is 8.11. The molecule has 92 valence electrons. The highest BCUT2D eigenvalue weighted by Crippen LogP contribution is 2.38. The van der Waals surface area contributed by atoms with Gasteiger partial charge in [0.15, 0.2) is 0 Å². The monoisotopic (exact) mass is 236 g/mol. The van der Waals surface area contributed by atoms with E-state index in [-0.39, 0.29) is 17.5 Å². The van der Waals surface area contributed by atoms with Crippen LogP contribution in [0, 0.1) is 17.0 Å². The Bertz CT molecular complexity index is 440. The van der Waals surface area contributed by atoms with Gasteiger partial charge in [0.25, 0.3) is 5.69 Å². The number of nitrogens with one attached hydrogen (secondary N) is 1. The number of phenols is 1. The number of aryl methyl sites for hydroxylation is 1. The molecule has 1 heterocycles. The van der Waals surface area contributed by atoms with E-state index in [9.17, 15) is 15.2 Å². The van der Waals surface area contributed by atoms with Gasteiger partial charge in [-0.15, -0.1) is 0 Å². The summed E-state index contributed by atoms with van der Waals surface area (Å²) >= 11 is 0. The second-order valence-electron chi connectivity index (χ2n) is 4.42. The van der Waals surface area contributed by atoms with Crippen molar-refractivity contribution in [3.05, 3.63) is 33.4 Å². The second kappa shape index (κ2) is 4.71. The van der Waals surface area contributed by atoms with Crippen molar-refractivity contribution in [2.75, 3.05) is 6.54 Å². The molecule has 1 aromatic carbocycles. The number of hydrogen-bond donors (Lipinski definition) is 2. The number of nitro groups is 1. The summed E-state index contributed by atoms with van der Waals surface area (Å²) in [5.74, 6) is 0.0543. The maximum Gasteiger partial charge on any atom is 0.277 e. The predicted octanol–water partition coefficient (Wildman–Crippen LogP) is 2.42. The average Bonchev–Trinajstić information content (AvgIpc) is 2.33. The van der Waals surface area contributed by atoms with Gasteiger partial charge in [-0.2, -0.15) is 0 Å². The Balaban J connectivity index is 2.48. The fourth-order valence-electron chi connectivity index (χ4n) is 2.31. The highest BCUT2D eigenvalue weighted by molar-refractivity contribution is 5.54. The molecule has 0 spiro atoms. The number of aromatic hydroxyl groups is 1. The van der Waals surface area contributed by atoms with Gasteiger partial charge in [0.2, 0.25) is 0 Å². The van der Waals surface area contributed by atoms with E-state index in [0.717, 1.165) is 25.8 Å². The molecular formula is C12H16N2O3. The summed E-state index contributed by atoms with van der Waals surface area (Å²) in [4.78, 5) is 10.6. The summed E-state index contributed by atoms with van der Waals surface area (Å²) in [5, 5.41) is 24.3. The molecule has 2 N–H and O–H groups in total. The molecule has 1 saturated heterocycles. The number of nitro benzene ring substituents is 1. The maximum absolute atomic E-state index is 11.0. The smallest absolute Gasteiger partial charge is 0.277 e. The zero-order valence-electron chi connectivity index (χ0n) is 9.77. The normalized spacial score (nSPS) is 20.2. The van der Waals surface area contributed by atoms with E-state index in [0.29, 0.717) is 11.1 Å². The molecule has 2 rings (SSSR count). The summed E-state index contributed by atoms with van der Waals surface area (Å²) in [5.41, 5.74) is 1.13. The third kappa shape index (κ3) is 2.24. The Kier molecular flexibility index (Phi) is 3.28. The van der Waals surface area contributed by atoms with E-state index in [1.165, 1.54) is 6.07 Å². The molecule has 1 atom stereocenters. The van der Waals surface area contributed by atoms with Crippen LogP contribution in [-0.4, -0.2) is 16.6 Å². The molecule has 5 heteroatoms. The molecule has 1 fully saturated rings. The zero-order chi connectivity index (χ0) is 12.4. The van der Waals surface area contributed by atoms with Crippen LogP contribution in [0.2, 0.25) is 0 Å². The largest absolute Gasteiger partial charge is 0.507 e. The summed E-state index contributed by atoms with van der Waals surface area (Å²) in [6.07, 6.45) is 2.94. The molecule has 5 nitrogen and oxygen atoms in total. The van der Waals surface area contributed by atoms with Crippen LogP contribution in [0.3, 0.4) is 0 Å². The SMILES string of the molecule is Cc1ccc([N+](=O)[O-])c([C@H]2CCCCN2)c1O. The Morgan fingerprint density at radius 3 is 2.82 bits per heavy atom. The number of benzene rings is 1. The Morgan fingerprint density at radius 2 is 2.24 bits per heavy atom. The summed E-state index contributed by atoms with van der Waals surface area (Å²) in [6.45, 7) is 2.60. The molecule has 0 bridgehead atoms. The van der Waals surface area contributed by atoms with Gasteiger partial charge in [-0.05, 0) is 37.9 Å². The van der Waals surface area contributed by atoms with Crippen molar-refractivity contribution in [2.45, 2.75) is 32.2 Å². The van der Waals surface area contributed by atoms with Crippen molar-refractivity contribution in [2.24, 2.45) is 0 Å². The highest BCUT2D eigenvalue weighted by atomic mass is 16.6. The minimum Gasteiger partial charge on any atom is -0.507 e. The Labute approximate surface area is 99.6 Å². The van der Waals surface area contributed by atoms with Crippen LogP contribution in [0.1, 0.15) is 36.4 Å². The maximum atomic E-state index is 11.0. The molecule has 0 unspecified atom stereocenters. The number of hydrogen-bond acceptors (Lipinski definition) is 4. The molecule has 17 heavy (non-hydrogen) atoms. The fraction of sp³-hybridized carbons (Fsp3) is 0.500. The highest BCUT2D eigenvalue weighted by Gasteiger charge is 2.27. The summed E-state index contributed by atoms with van der Waals surface area (Å²) < 4.78 is 0. The minimum absolute atomic E-state index is 0.00694. The van der Waals surface area contributed by atoms with Crippen LogP contribution < -0.4 is 5.32 Å². The van der Waals surface area contributed by atoms with Crippen LogP contribution >= 0.6 is 0 Å². The third-order valence-corrected chi connectivity index (χ3v) is 3.25. The van der Waals surface area contributed by atoms with Crippen LogP contribution in [0.5, 0.6) is 5.75 Å². The van der Waals surface area contributed by atoms with Gasteiger partial charge in [0, 0.05) is 12.1 Å². The first kappa shape index (κ1) is 11.9. The third-order valence-electron chi connectivity index (χ3n) is 3.25. The van der Waals surface area contributed by atoms with Gasteiger partial charge in [-0.25, -0.2) is 0 Å². The lowest BCUT2D eigenvalue weighted by atomic mass is 9.94. The molecule has 1 aliphatic heterocycles. The van der Waals surface area contributed by atoms with Crippen LogP contribution in [0.4, 0.5) is 5.69 Å². The second-order valence-corrected chi connectivity index (χ2v) is 4.42. The van der Waals surface area contributed by atoms with E-state index in [1.54, 1.807) is 13.0 Å². The molecule has 1 aliphatic rings.